The van der Waals surface area contributed by atoms with Gasteiger partial charge in [0.2, 0.25) is 0 Å². The fraction of sp³-hybridized carbons (Fsp3) is 0.455. The minimum absolute atomic E-state index is 0.301. The summed E-state index contributed by atoms with van der Waals surface area (Å²) < 4.78 is 11.5. The highest BCUT2D eigenvalue weighted by atomic mass is 32.2. The standard InChI is InChI=1S/C11H17NOS/c1-9(12(2)3)10-7-5-6-8-11(10)14(4)13/h5-9H,1-4H3/t9-,14?/m1/s1. The van der Waals surface area contributed by atoms with Crippen LogP contribution in [0.1, 0.15) is 18.5 Å². The van der Waals surface area contributed by atoms with Crippen molar-refractivity contribution < 1.29 is 4.21 Å². The highest BCUT2D eigenvalue weighted by Crippen LogP contribution is 2.23. The Morgan fingerprint density at radius 1 is 1.29 bits per heavy atom. The van der Waals surface area contributed by atoms with E-state index in [2.05, 4.69) is 11.8 Å². The zero-order valence-electron chi connectivity index (χ0n) is 9.15. The predicted molar refractivity (Wildman–Crippen MR) is 60.9 cm³/mol. The van der Waals surface area contributed by atoms with Gasteiger partial charge in [-0.15, -0.1) is 0 Å². The SMILES string of the molecule is C[C@H](c1ccccc1S(C)=O)N(C)C. The molecule has 2 atom stereocenters. The highest BCUT2D eigenvalue weighted by Gasteiger charge is 2.13. The molecule has 0 saturated carbocycles. The Hall–Kier alpha value is -0.670. The van der Waals surface area contributed by atoms with Crippen LogP contribution >= 0.6 is 0 Å². The van der Waals surface area contributed by atoms with Gasteiger partial charge in [-0.2, -0.15) is 0 Å². The first-order valence-electron chi connectivity index (χ1n) is 4.63. The molecule has 78 valence electrons. The van der Waals surface area contributed by atoms with Crippen molar-refractivity contribution in [2.75, 3.05) is 20.4 Å². The molecule has 0 spiro atoms. The lowest BCUT2D eigenvalue weighted by Gasteiger charge is -2.22. The molecule has 0 radical (unpaired) electrons. The van der Waals surface area contributed by atoms with E-state index in [1.54, 1.807) is 6.26 Å². The third-order valence-electron chi connectivity index (χ3n) is 2.45. The number of hydrogen-bond donors (Lipinski definition) is 0. The smallest absolute Gasteiger partial charge is 0.0501 e. The van der Waals surface area contributed by atoms with Crippen LogP contribution in [0.15, 0.2) is 29.2 Å². The monoisotopic (exact) mass is 211 g/mol. The van der Waals surface area contributed by atoms with Gasteiger partial charge in [0.15, 0.2) is 0 Å². The Morgan fingerprint density at radius 3 is 2.36 bits per heavy atom. The zero-order chi connectivity index (χ0) is 10.7. The molecule has 1 aromatic carbocycles. The Labute approximate surface area is 88.4 Å². The number of nitrogens with zero attached hydrogens (tertiary/aromatic N) is 1. The van der Waals surface area contributed by atoms with E-state index in [-0.39, 0.29) is 0 Å². The van der Waals surface area contributed by atoms with Crippen LogP contribution in [0.25, 0.3) is 0 Å². The molecular weight excluding hydrogens is 194 g/mol. The molecule has 0 heterocycles. The van der Waals surface area contributed by atoms with E-state index in [1.165, 1.54) is 0 Å². The summed E-state index contributed by atoms with van der Waals surface area (Å²) in [6.07, 6.45) is 1.72. The second-order valence-electron chi connectivity index (χ2n) is 3.63. The van der Waals surface area contributed by atoms with Gasteiger partial charge in [0, 0.05) is 17.2 Å². The molecule has 1 unspecified atom stereocenters. The van der Waals surface area contributed by atoms with Crippen LogP contribution in [0.3, 0.4) is 0 Å². The van der Waals surface area contributed by atoms with Crippen LogP contribution in [0, 0.1) is 0 Å². The third-order valence-corrected chi connectivity index (χ3v) is 3.44. The summed E-state index contributed by atoms with van der Waals surface area (Å²) in [4.78, 5) is 3.06. The van der Waals surface area contributed by atoms with Gasteiger partial charge < -0.3 is 4.90 Å². The predicted octanol–water partition coefficient (Wildman–Crippen LogP) is 2.05. The normalized spacial score (nSPS) is 15.5. The highest BCUT2D eigenvalue weighted by molar-refractivity contribution is 7.84. The Morgan fingerprint density at radius 2 is 1.86 bits per heavy atom. The molecule has 0 aliphatic rings. The van der Waals surface area contributed by atoms with E-state index in [0.29, 0.717) is 6.04 Å². The Kier molecular flexibility index (Phi) is 3.84. The van der Waals surface area contributed by atoms with E-state index in [9.17, 15) is 4.21 Å². The quantitative estimate of drug-likeness (QED) is 0.762. The van der Waals surface area contributed by atoms with Gasteiger partial charge in [-0.25, -0.2) is 0 Å². The van der Waals surface area contributed by atoms with Crippen LogP contribution in [0.5, 0.6) is 0 Å². The Bertz CT molecular complexity index is 336. The molecule has 14 heavy (non-hydrogen) atoms. The minimum Gasteiger partial charge on any atom is -0.303 e. The maximum absolute atomic E-state index is 11.5. The first-order chi connectivity index (χ1) is 6.54. The van der Waals surface area contributed by atoms with Crippen molar-refractivity contribution >= 4 is 10.8 Å². The van der Waals surface area contributed by atoms with Crippen LogP contribution in [-0.4, -0.2) is 29.5 Å². The molecular formula is C11H17NOS. The van der Waals surface area contributed by atoms with Crippen molar-refractivity contribution in [2.45, 2.75) is 17.9 Å². The lowest BCUT2D eigenvalue weighted by atomic mass is 10.1. The van der Waals surface area contributed by atoms with E-state index in [1.807, 2.05) is 38.4 Å². The van der Waals surface area contributed by atoms with Crippen molar-refractivity contribution in [3.8, 4) is 0 Å². The van der Waals surface area contributed by atoms with Crippen molar-refractivity contribution in [1.82, 2.24) is 4.90 Å². The zero-order valence-corrected chi connectivity index (χ0v) is 9.97. The minimum atomic E-state index is -0.904. The summed E-state index contributed by atoms with van der Waals surface area (Å²) >= 11 is 0. The average Bonchev–Trinajstić information content (AvgIpc) is 2.16. The number of rotatable bonds is 3. The fourth-order valence-electron chi connectivity index (χ4n) is 1.37. The van der Waals surface area contributed by atoms with Gasteiger partial charge in [-0.3, -0.25) is 4.21 Å². The topological polar surface area (TPSA) is 20.3 Å². The van der Waals surface area contributed by atoms with Crippen LogP contribution in [0.4, 0.5) is 0 Å². The van der Waals surface area contributed by atoms with Crippen molar-refractivity contribution in [2.24, 2.45) is 0 Å². The molecule has 1 aromatic rings. The third kappa shape index (κ3) is 2.42. The summed E-state index contributed by atoms with van der Waals surface area (Å²) in [5, 5.41) is 0. The molecule has 0 aromatic heterocycles. The van der Waals surface area contributed by atoms with E-state index in [4.69, 9.17) is 0 Å². The second kappa shape index (κ2) is 4.71. The molecule has 0 bridgehead atoms. The molecule has 3 heteroatoms. The van der Waals surface area contributed by atoms with Gasteiger partial charge in [-0.1, -0.05) is 18.2 Å². The molecule has 1 rings (SSSR count). The first-order valence-corrected chi connectivity index (χ1v) is 6.18. The average molecular weight is 211 g/mol. The van der Waals surface area contributed by atoms with E-state index >= 15 is 0 Å². The molecule has 0 saturated heterocycles. The largest absolute Gasteiger partial charge is 0.303 e. The van der Waals surface area contributed by atoms with Gasteiger partial charge in [0.05, 0.1) is 10.8 Å². The summed E-state index contributed by atoms with van der Waals surface area (Å²) in [5.74, 6) is 0. The maximum atomic E-state index is 11.5. The molecule has 0 N–H and O–H groups in total. The van der Waals surface area contributed by atoms with Crippen molar-refractivity contribution in [1.29, 1.82) is 0 Å². The second-order valence-corrected chi connectivity index (χ2v) is 4.98. The van der Waals surface area contributed by atoms with Gasteiger partial charge in [0.25, 0.3) is 0 Å². The van der Waals surface area contributed by atoms with E-state index < -0.39 is 10.8 Å². The lowest BCUT2D eigenvalue weighted by Crippen LogP contribution is -2.18. The summed E-state index contributed by atoms with van der Waals surface area (Å²) in [6, 6.07) is 8.20. The molecule has 0 fully saturated rings. The van der Waals surface area contributed by atoms with Crippen LogP contribution in [0.2, 0.25) is 0 Å². The first kappa shape index (κ1) is 11.4. The summed E-state index contributed by atoms with van der Waals surface area (Å²) in [6.45, 7) is 2.12. The molecule has 0 aliphatic carbocycles. The molecule has 2 nitrogen and oxygen atoms in total. The van der Waals surface area contributed by atoms with E-state index in [0.717, 1.165) is 10.5 Å². The van der Waals surface area contributed by atoms with Crippen LogP contribution < -0.4 is 0 Å². The number of benzene rings is 1. The Balaban J connectivity index is 3.13. The summed E-state index contributed by atoms with van der Waals surface area (Å²) in [5.41, 5.74) is 1.15. The lowest BCUT2D eigenvalue weighted by molar-refractivity contribution is 0.317. The fourth-order valence-corrected chi connectivity index (χ4v) is 2.21. The molecule has 0 amide bonds. The van der Waals surface area contributed by atoms with Crippen LogP contribution in [-0.2, 0) is 10.8 Å². The van der Waals surface area contributed by atoms with Gasteiger partial charge >= 0.3 is 0 Å². The summed E-state index contributed by atoms with van der Waals surface area (Å²) in [7, 11) is 3.15. The number of hydrogen-bond acceptors (Lipinski definition) is 2. The van der Waals surface area contributed by atoms with Crippen molar-refractivity contribution in [3.63, 3.8) is 0 Å². The maximum Gasteiger partial charge on any atom is 0.0501 e. The molecule has 0 aliphatic heterocycles. The van der Waals surface area contributed by atoms with Crippen molar-refractivity contribution in [3.05, 3.63) is 29.8 Å². The van der Waals surface area contributed by atoms with Gasteiger partial charge in [-0.05, 0) is 32.6 Å². The van der Waals surface area contributed by atoms with Gasteiger partial charge in [0.1, 0.15) is 0 Å².